The third kappa shape index (κ3) is 1.55. The van der Waals surface area contributed by atoms with Crippen LogP contribution in [0.15, 0.2) is 41.4 Å². The van der Waals surface area contributed by atoms with E-state index in [1.54, 1.807) is 0 Å². The molecule has 0 spiro atoms. The Morgan fingerprint density at radius 3 is 2.57 bits per heavy atom. The maximum absolute atomic E-state index is 6.04. The first-order chi connectivity index (χ1) is 6.83. The zero-order valence-corrected chi connectivity index (χ0v) is 8.77. The van der Waals surface area contributed by atoms with Crippen LogP contribution in [-0.2, 0) is 0 Å². The normalized spacial score (nSPS) is 9.79. The number of hydrogen-bond acceptors (Lipinski definition) is 2. The summed E-state index contributed by atoms with van der Waals surface area (Å²) >= 11 is 10.6. The van der Waals surface area contributed by atoms with Gasteiger partial charge < -0.3 is 0 Å². The van der Waals surface area contributed by atoms with Crippen molar-refractivity contribution in [2.45, 2.75) is 0 Å². The van der Waals surface area contributed by atoms with E-state index in [1.165, 1.54) is 0 Å². The zero-order chi connectivity index (χ0) is 9.97. The van der Waals surface area contributed by atoms with Gasteiger partial charge in [0.05, 0.1) is 10.8 Å². The predicted molar refractivity (Wildman–Crippen MR) is 63.6 cm³/mol. The largest absolute Gasteiger partial charge is 0.194 e. The lowest BCUT2D eigenvalue weighted by Crippen LogP contribution is -1.74. The molecule has 0 aliphatic heterocycles. The minimum Gasteiger partial charge on any atom is -0.194 e. The van der Waals surface area contributed by atoms with Crippen LogP contribution >= 0.6 is 23.8 Å². The van der Waals surface area contributed by atoms with Gasteiger partial charge in [-0.2, -0.15) is 4.99 Å². The van der Waals surface area contributed by atoms with Crippen molar-refractivity contribution in [3.63, 3.8) is 0 Å². The number of hydrogen-bond donors (Lipinski definition) is 0. The number of nitrogens with zero attached hydrogens (tertiary/aromatic N) is 1. The van der Waals surface area contributed by atoms with Crippen LogP contribution in [0.5, 0.6) is 0 Å². The molecule has 0 saturated heterocycles. The lowest BCUT2D eigenvalue weighted by molar-refractivity contribution is 1.60. The van der Waals surface area contributed by atoms with Crippen LogP contribution in [0.3, 0.4) is 0 Å². The third-order valence-electron chi connectivity index (χ3n) is 2.01. The van der Waals surface area contributed by atoms with Gasteiger partial charge in [-0.05, 0) is 24.4 Å². The van der Waals surface area contributed by atoms with Gasteiger partial charge in [-0.25, -0.2) is 0 Å². The van der Waals surface area contributed by atoms with Gasteiger partial charge in [0.1, 0.15) is 0 Å². The molecule has 0 amide bonds. The van der Waals surface area contributed by atoms with Crippen LogP contribution in [0, 0.1) is 0 Å². The summed E-state index contributed by atoms with van der Waals surface area (Å²) in [6.45, 7) is 0. The molecule has 14 heavy (non-hydrogen) atoms. The smallest absolute Gasteiger partial charge is 0.0818 e. The fraction of sp³-hybridized carbons (Fsp3) is 0. The van der Waals surface area contributed by atoms with Crippen molar-refractivity contribution < 1.29 is 0 Å². The highest BCUT2D eigenvalue weighted by Crippen LogP contribution is 2.30. The van der Waals surface area contributed by atoms with Crippen LogP contribution < -0.4 is 0 Å². The molecule has 0 saturated carbocycles. The second kappa shape index (κ2) is 3.89. The summed E-state index contributed by atoms with van der Waals surface area (Å²) in [6, 6.07) is 11.5. The number of thiocarbonyl (C=S) groups is 1. The van der Waals surface area contributed by atoms with Crippen molar-refractivity contribution in [1.82, 2.24) is 0 Å². The Kier molecular flexibility index (Phi) is 2.60. The molecule has 0 atom stereocenters. The van der Waals surface area contributed by atoms with Gasteiger partial charge in [-0.1, -0.05) is 35.9 Å². The number of isothiocyanates is 1. The van der Waals surface area contributed by atoms with E-state index < -0.39 is 0 Å². The Hall–Kier alpha value is -1.21. The van der Waals surface area contributed by atoms with Crippen molar-refractivity contribution in [1.29, 1.82) is 0 Å². The second-order valence-electron chi connectivity index (χ2n) is 2.82. The summed E-state index contributed by atoms with van der Waals surface area (Å²) in [5.74, 6) is 0. The molecule has 2 aromatic rings. The summed E-state index contributed by atoms with van der Waals surface area (Å²) in [4.78, 5) is 3.98. The Bertz CT molecular complexity index is 530. The average Bonchev–Trinajstić information content (AvgIpc) is 2.20. The Morgan fingerprint density at radius 2 is 1.79 bits per heavy atom. The minimum absolute atomic E-state index is 0.726. The van der Waals surface area contributed by atoms with E-state index in [0.717, 1.165) is 21.5 Å². The van der Waals surface area contributed by atoms with Crippen molar-refractivity contribution in [2.24, 2.45) is 4.99 Å². The molecule has 0 unspecified atom stereocenters. The monoisotopic (exact) mass is 219 g/mol. The summed E-state index contributed by atoms with van der Waals surface area (Å²) in [5.41, 5.74) is 0.806. The summed E-state index contributed by atoms with van der Waals surface area (Å²) in [7, 11) is 0. The van der Waals surface area contributed by atoms with Gasteiger partial charge in [0.2, 0.25) is 0 Å². The lowest BCUT2D eigenvalue weighted by Gasteiger charge is -2.01. The van der Waals surface area contributed by atoms with E-state index in [-0.39, 0.29) is 0 Å². The molecule has 0 radical (unpaired) electrons. The molecule has 0 heterocycles. The van der Waals surface area contributed by atoms with E-state index >= 15 is 0 Å². The molecule has 0 fully saturated rings. The second-order valence-corrected chi connectivity index (χ2v) is 3.40. The fourth-order valence-electron chi connectivity index (χ4n) is 1.40. The van der Waals surface area contributed by atoms with Crippen LogP contribution in [0.4, 0.5) is 5.69 Å². The number of rotatable bonds is 1. The van der Waals surface area contributed by atoms with E-state index in [0.29, 0.717) is 0 Å². The number of benzene rings is 2. The van der Waals surface area contributed by atoms with Crippen molar-refractivity contribution in [2.75, 3.05) is 0 Å². The highest BCUT2D eigenvalue weighted by atomic mass is 35.5. The zero-order valence-electron chi connectivity index (χ0n) is 7.20. The summed E-state index contributed by atoms with van der Waals surface area (Å²) in [6.07, 6.45) is 0. The quantitative estimate of drug-likeness (QED) is 0.517. The van der Waals surface area contributed by atoms with Crippen LogP contribution in [0.25, 0.3) is 10.8 Å². The molecule has 0 bridgehead atoms. The van der Waals surface area contributed by atoms with E-state index in [1.807, 2.05) is 36.4 Å². The molecule has 0 aromatic heterocycles. The average molecular weight is 220 g/mol. The maximum atomic E-state index is 6.04. The van der Waals surface area contributed by atoms with Gasteiger partial charge >= 0.3 is 0 Å². The van der Waals surface area contributed by atoms with Crippen molar-refractivity contribution in [3.05, 3.63) is 41.4 Å². The molecule has 2 rings (SSSR count). The van der Waals surface area contributed by atoms with E-state index in [4.69, 9.17) is 11.6 Å². The summed E-state index contributed by atoms with van der Waals surface area (Å²) in [5, 5.41) is 5.07. The number of fused-ring (bicyclic) bond motifs is 1. The molecular formula is C11H6ClNS. The molecule has 3 heteroatoms. The lowest BCUT2D eigenvalue weighted by atomic mass is 10.1. The van der Waals surface area contributed by atoms with Gasteiger partial charge in [-0.15, -0.1) is 0 Å². The molecule has 2 aromatic carbocycles. The highest BCUT2D eigenvalue weighted by molar-refractivity contribution is 7.78. The summed E-state index contributed by atoms with van der Waals surface area (Å²) < 4.78 is 0. The Balaban J connectivity index is 2.87. The van der Waals surface area contributed by atoms with Crippen LogP contribution in [-0.4, -0.2) is 5.16 Å². The first-order valence-electron chi connectivity index (χ1n) is 4.08. The van der Waals surface area contributed by atoms with Crippen LogP contribution in [0.1, 0.15) is 0 Å². The van der Waals surface area contributed by atoms with Gasteiger partial charge in [0, 0.05) is 15.8 Å². The molecule has 68 valence electrons. The third-order valence-corrected chi connectivity index (χ3v) is 2.43. The Morgan fingerprint density at radius 1 is 1.07 bits per heavy atom. The topological polar surface area (TPSA) is 12.4 Å². The maximum Gasteiger partial charge on any atom is 0.0818 e. The molecule has 1 nitrogen and oxygen atoms in total. The molecule has 0 N–H and O–H groups in total. The van der Waals surface area contributed by atoms with Gasteiger partial charge in [0.25, 0.3) is 0 Å². The number of aliphatic imine (C=N–C) groups is 1. The number of halogens is 1. The predicted octanol–water partition coefficient (Wildman–Crippen LogP) is 4.23. The first kappa shape index (κ1) is 9.35. The standard InChI is InChI=1S/C11H6ClNS/c12-10-5-1-4-9-8(10)3-2-6-11(9)13-7-14/h1-6H. The highest BCUT2D eigenvalue weighted by Gasteiger charge is 2.01. The molecule has 0 aliphatic rings. The fourth-order valence-corrected chi connectivity index (χ4v) is 1.74. The minimum atomic E-state index is 0.726. The molecule has 0 aliphatic carbocycles. The van der Waals surface area contributed by atoms with Gasteiger partial charge in [-0.3, -0.25) is 0 Å². The SMILES string of the molecule is S=C=Nc1cccc2c(Cl)cccc12. The van der Waals surface area contributed by atoms with E-state index in [9.17, 15) is 0 Å². The van der Waals surface area contributed by atoms with Gasteiger partial charge in [0.15, 0.2) is 0 Å². The van der Waals surface area contributed by atoms with Crippen molar-refractivity contribution in [3.8, 4) is 0 Å². The molecular weight excluding hydrogens is 214 g/mol. The van der Waals surface area contributed by atoms with E-state index in [2.05, 4.69) is 22.4 Å². The Labute approximate surface area is 92.0 Å². The van der Waals surface area contributed by atoms with Crippen molar-refractivity contribution >= 4 is 45.4 Å². The first-order valence-corrected chi connectivity index (χ1v) is 4.86. The van der Waals surface area contributed by atoms with Crippen LogP contribution in [0.2, 0.25) is 5.02 Å².